The molecule has 0 spiro atoms. The normalized spacial score (nSPS) is 10.8. The Morgan fingerprint density at radius 2 is 1.89 bits per heavy atom. The third-order valence-corrected chi connectivity index (χ3v) is 4.05. The van der Waals surface area contributed by atoms with Gasteiger partial charge in [-0.3, -0.25) is 0 Å². The van der Waals surface area contributed by atoms with Gasteiger partial charge in [0.1, 0.15) is 0 Å². The minimum atomic E-state index is 0.690. The van der Waals surface area contributed by atoms with Gasteiger partial charge in [-0.2, -0.15) is 0 Å². The van der Waals surface area contributed by atoms with Gasteiger partial charge in [0, 0.05) is 11.3 Å². The maximum absolute atomic E-state index is 5.81. The lowest BCUT2D eigenvalue weighted by molar-refractivity contribution is 0.902. The third-order valence-electron chi connectivity index (χ3n) is 3.12. The van der Waals surface area contributed by atoms with Gasteiger partial charge in [0.25, 0.3) is 0 Å². The predicted molar refractivity (Wildman–Crippen MR) is 79.1 cm³/mol. The minimum Gasteiger partial charge on any atom is -0.375 e. The molecule has 0 atom stereocenters. The number of thiazole rings is 1. The number of hydrogen-bond acceptors (Lipinski definition) is 3. The van der Waals surface area contributed by atoms with Crippen molar-refractivity contribution >= 4 is 16.5 Å². The van der Waals surface area contributed by atoms with E-state index in [-0.39, 0.29) is 0 Å². The SMILES string of the molecule is CCCc1ccccc1Cc1sc(N)nc1CC. The summed E-state index contributed by atoms with van der Waals surface area (Å²) in [7, 11) is 0. The largest absolute Gasteiger partial charge is 0.375 e. The van der Waals surface area contributed by atoms with E-state index in [1.165, 1.54) is 22.4 Å². The highest BCUT2D eigenvalue weighted by atomic mass is 32.1. The average Bonchev–Trinajstić information content (AvgIpc) is 2.72. The van der Waals surface area contributed by atoms with Gasteiger partial charge in [-0.25, -0.2) is 4.98 Å². The van der Waals surface area contributed by atoms with Crippen molar-refractivity contribution in [2.24, 2.45) is 0 Å². The van der Waals surface area contributed by atoms with E-state index in [2.05, 4.69) is 43.1 Å². The molecule has 0 aliphatic carbocycles. The van der Waals surface area contributed by atoms with Gasteiger partial charge in [0.05, 0.1) is 5.69 Å². The molecule has 0 saturated heterocycles. The van der Waals surface area contributed by atoms with Crippen LogP contribution in [0.5, 0.6) is 0 Å². The lowest BCUT2D eigenvalue weighted by Crippen LogP contribution is -1.96. The highest BCUT2D eigenvalue weighted by Gasteiger charge is 2.10. The quantitative estimate of drug-likeness (QED) is 0.887. The number of aromatic nitrogens is 1. The van der Waals surface area contributed by atoms with E-state index in [0.717, 1.165) is 25.0 Å². The van der Waals surface area contributed by atoms with Gasteiger partial charge in [0.2, 0.25) is 0 Å². The number of hydrogen-bond donors (Lipinski definition) is 1. The van der Waals surface area contributed by atoms with Crippen LogP contribution in [0.15, 0.2) is 24.3 Å². The van der Waals surface area contributed by atoms with Crippen LogP contribution in [0.3, 0.4) is 0 Å². The fourth-order valence-corrected chi connectivity index (χ4v) is 3.18. The average molecular weight is 260 g/mol. The summed E-state index contributed by atoms with van der Waals surface area (Å²) >= 11 is 1.63. The number of benzene rings is 1. The van der Waals surface area contributed by atoms with Gasteiger partial charge in [0.15, 0.2) is 5.13 Å². The smallest absolute Gasteiger partial charge is 0.180 e. The van der Waals surface area contributed by atoms with Crippen molar-refractivity contribution < 1.29 is 0 Å². The Kier molecular flexibility index (Phi) is 4.37. The molecule has 96 valence electrons. The lowest BCUT2D eigenvalue weighted by Gasteiger charge is -2.08. The van der Waals surface area contributed by atoms with Crippen molar-refractivity contribution in [2.45, 2.75) is 39.5 Å². The zero-order valence-corrected chi connectivity index (χ0v) is 11.9. The molecule has 2 aromatic rings. The second-order valence-corrected chi connectivity index (χ2v) is 5.59. The lowest BCUT2D eigenvalue weighted by atomic mass is 9.99. The van der Waals surface area contributed by atoms with E-state index in [0.29, 0.717) is 5.13 Å². The van der Waals surface area contributed by atoms with Crippen LogP contribution in [0.2, 0.25) is 0 Å². The van der Waals surface area contributed by atoms with Crippen LogP contribution >= 0.6 is 11.3 Å². The molecule has 0 fully saturated rings. The molecule has 0 unspecified atom stereocenters. The van der Waals surface area contributed by atoms with Crippen molar-refractivity contribution in [3.8, 4) is 0 Å². The van der Waals surface area contributed by atoms with Gasteiger partial charge >= 0.3 is 0 Å². The predicted octanol–water partition coefficient (Wildman–Crippen LogP) is 3.83. The molecule has 0 radical (unpaired) electrons. The van der Waals surface area contributed by atoms with Crippen LogP contribution in [0.25, 0.3) is 0 Å². The number of anilines is 1. The second-order valence-electron chi connectivity index (χ2n) is 4.47. The fourth-order valence-electron chi connectivity index (χ4n) is 2.23. The topological polar surface area (TPSA) is 38.9 Å². The van der Waals surface area contributed by atoms with Crippen molar-refractivity contribution in [1.29, 1.82) is 0 Å². The van der Waals surface area contributed by atoms with Gasteiger partial charge in [-0.05, 0) is 24.0 Å². The van der Waals surface area contributed by atoms with Gasteiger partial charge in [-0.1, -0.05) is 44.5 Å². The van der Waals surface area contributed by atoms with Crippen LogP contribution in [-0.2, 0) is 19.3 Å². The summed E-state index contributed by atoms with van der Waals surface area (Å²) in [5.74, 6) is 0. The van der Waals surface area contributed by atoms with E-state index >= 15 is 0 Å². The Balaban J connectivity index is 2.27. The summed E-state index contributed by atoms with van der Waals surface area (Å²) in [6.07, 6.45) is 4.25. The Morgan fingerprint density at radius 1 is 1.17 bits per heavy atom. The number of rotatable bonds is 5. The molecule has 2 N–H and O–H groups in total. The summed E-state index contributed by atoms with van der Waals surface area (Å²) in [6, 6.07) is 8.69. The summed E-state index contributed by atoms with van der Waals surface area (Å²) < 4.78 is 0. The first-order valence-corrected chi connectivity index (χ1v) is 7.37. The molecule has 1 aromatic heterocycles. The Labute approximate surface area is 113 Å². The molecule has 18 heavy (non-hydrogen) atoms. The van der Waals surface area contributed by atoms with Crippen molar-refractivity contribution in [3.63, 3.8) is 0 Å². The molecule has 0 aliphatic heterocycles. The van der Waals surface area contributed by atoms with Crippen LogP contribution in [0, 0.1) is 0 Å². The number of nitrogens with zero attached hydrogens (tertiary/aromatic N) is 1. The van der Waals surface area contributed by atoms with Crippen LogP contribution in [0.4, 0.5) is 5.13 Å². The molecule has 0 amide bonds. The van der Waals surface area contributed by atoms with E-state index < -0.39 is 0 Å². The molecule has 0 bridgehead atoms. The summed E-state index contributed by atoms with van der Waals surface area (Å²) in [5.41, 5.74) is 9.84. The van der Waals surface area contributed by atoms with Crippen LogP contribution < -0.4 is 5.73 Å². The molecule has 0 aliphatic rings. The maximum atomic E-state index is 5.81. The highest BCUT2D eigenvalue weighted by molar-refractivity contribution is 7.15. The molecular weight excluding hydrogens is 240 g/mol. The van der Waals surface area contributed by atoms with E-state index in [1.54, 1.807) is 11.3 Å². The Morgan fingerprint density at radius 3 is 2.56 bits per heavy atom. The molecule has 0 saturated carbocycles. The van der Waals surface area contributed by atoms with Crippen molar-refractivity contribution in [3.05, 3.63) is 46.0 Å². The van der Waals surface area contributed by atoms with Crippen molar-refractivity contribution in [1.82, 2.24) is 4.98 Å². The molecule has 2 rings (SSSR count). The number of aryl methyl sites for hydroxylation is 2. The first kappa shape index (κ1) is 13.1. The highest BCUT2D eigenvalue weighted by Crippen LogP contribution is 2.25. The second kappa shape index (κ2) is 6.01. The fraction of sp³-hybridized carbons (Fsp3) is 0.400. The zero-order valence-electron chi connectivity index (χ0n) is 11.1. The minimum absolute atomic E-state index is 0.690. The Bertz CT molecular complexity index is 517. The van der Waals surface area contributed by atoms with Crippen molar-refractivity contribution in [2.75, 3.05) is 5.73 Å². The van der Waals surface area contributed by atoms with Gasteiger partial charge in [-0.15, -0.1) is 11.3 Å². The third kappa shape index (κ3) is 2.91. The summed E-state index contributed by atoms with van der Waals surface area (Å²) in [5, 5.41) is 0.690. The van der Waals surface area contributed by atoms with E-state index in [9.17, 15) is 0 Å². The van der Waals surface area contributed by atoms with Crippen LogP contribution in [0.1, 0.15) is 42.0 Å². The first-order chi connectivity index (χ1) is 8.74. The zero-order chi connectivity index (χ0) is 13.0. The van der Waals surface area contributed by atoms with E-state index in [1.807, 2.05) is 0 Å². The van der Waals surface area contributed by atoms with Crippen LogP contribution in [-0.4, -0.2) is 4.98 Å². The number of nitrogens with two attached hydrogens (primary N) is 1. The molecule has 1 heterocycles. The first-order valence-electron chi connectivity index (χ1n) is 6.55. The van der Waals surface area contributed by atoms with E-state index in [4.69, 9.17) is 5.73 Å². The maximum Gasteiger partial charge on any atom is 0.180 e. The molecule has 1 aromatic carbocycles. The molecular formula is C15H20N2S. The number of nitrogen functional groups attached to an aromatic ring is 1. The monoisotopic (exact) mass is 260 g/mol. The Hall–Kier alpha value is -1.35. The van der Waals surface area contributed by atoms with Gasteiger partial charge < -0.3 is 5.73 Å². The molecule has 2 nitrogen and oxygen atoms in total. The summed E-state index contributed by atoms with van der Waals surface area (Å²) in [6.45, 7) is 4.36. The summed E-state index contributed by atoms with van der Waals surface area (Å²) in [4.78, 5) is 5.72. The molecule has 3 heteroatoms. The standard InChI is InChI=1S/C15H20N2S/c1-3-7-11-8-5-6-9-12(11)10-14-13(4-2)17-15(16)18-14/h5-6,8-9H,3-4,7,10H2,1-2H3,(H2,16,17).